The summed E-state index contributed by atoms with van der Waals surface area (Å²) in [5.74, 6) is 0.399. The molecule has 7 heteroatoms. The molecular weight excluding hydrogens is 228 g/mol. The lowest BCUT2D eigenvalue weighted by molar-refractivity contribution is 0.602. The van der Waals surface area contributed by atoms with Crippen molar-refractivity contribution in [2.45, 2.75) is 0 Å². The minimum Gasteiger partial charge on any atom is -0.396 e. The third kappa shape index (κ3) is 3.74. The van der Waals surface area contributed by atoms with Crippen molar-refractivity contribution in [2.75, 3.05) is 29.6 Å². The summed E-state index contributed by atoms with van der Waals surface area (Å²) < 4.78 is 21.7. The van der Waals surface area contributed by atoms with Crippen LogP contribution in [-0.4, -0.2) is 32.0 Å². The monoisotopic (exact) mass is 240 g/mol. The van der Waals surface area contributed by atoms with Crippen LogP contribution >= 0.6 is 0 Å². The highest BCUT2D eigenvalue weighted by molar-refractivity contribution is 7.90. The van der Waals surface area contributed by atoms with Crippen LogP contribution in [0.2, 0.25) is 0 Å². The van der Waals surface area contributed by atoms with Crippen molar-refractivity contribution in [2.24, 2.45) is 0 Å². The molecule has 1 rings (SSSR count). The number of pyridine rings is 1. The topological polar surface area (TPSA) is 109 Å². The SMILES string of the molecule is CS(=O)(=O)CCNc1ncc(C#N)cc1N. The molecule has 0 spiro atoms. The first-order chi connectivity index (χ1) is 7.42. The number of nitrogens with two attached hydrogens (primary N) is 1. The highest BCUT2D eigenvalue weighted by Gasteiger charge is 2.04. The maximum Gasteiger partial charge on any atom is 0.149 e. The van der Waals surface area contributed by atoms with Gasteiger partial charge in [-0.1, -0.05) is 0 Å². The molecule has 1 heterocycles. The lowest BCUT2D eigenvalue weighted by Gasteiger charge is -2.07. The molecule has 1 aromatic heterocycles. The molecular formula is C9H12N4O2S. The van der Waals surface area contributed by atoms with Crippen LogP contribution in [0, 0.1) is 11.3 Å². The van der Waals surface area contributed by atoms with E-state index in [1.807, 2.05) is 6.07 Å². The van der Waals surface area contributed by atoms with Crippen molar-refractivity contribution in [1.82, 2.24) is 4.98 Å². The summed E-state index contributed by atoms with van der Waals surface area (Å²) in [6.07, 6.45) is 2.53. The molecule has 16 heavy (non-hydrogen) atoms. The Morgan fingerprint density at radius 1 is 1.62 bits per heavy atom. The Morgan fingerprint density at radius 2 is 2.31 bits per heavy atom. The molecule has 0 bridgehead atoms. The summed E-state index contributed by atoms with van der Waals surface area (Å²) in [7, 11) is -3.00. The van der Waals surface area contributed by atoms with Gasteiger partial charge in [0.25, 0.3) is 0 Å². The molecule has 0 radical (unpaired) electrons. The fourth-order valence-corrected chi connectivity index (χ4v) is 1.52. The summed E-state index contributed by atoms with van der Waals surface area (Å²) in [5, 5.41) is 11.4. The van der Waals surface area contributed by atoms with Gasteiger partial charge in [-0.15, -0.1) is 0 Å². The second kappa shape index (κ2) is 4.81. The fraction of sp³-hybridized carbons (Fsp3) is 0.333. The first kappa shape index (κ1) is 12.3. The van der Waals surface area contributed by atoms with Crippen molar-refractivity contribution in [1.29, 1.82) is 5.26 Å². The average molecular weight is 240 g/mol. The van der Waals surface area contributed by atoms with Crippen molar-refractivity contribution in [3.8, 4) is 6.07 Å². The lowest BCUT2D eigenvalue weighted by atomic mass is 10.3. The number of rotatable bonds is 4. The molecule has 0 unspecified atom stereocenters. The van der Waals surface area contributed by atoms with E-state index in [1.54, 1.807) is 0 Å². The van der Waals surface area contributed by atoms with E-state index in [9.17, 15) is 8.42 Å². The third-order valence-electron chi connectivity index (χ3n) is 1.81. The van der Waals surface area contributed by atoms with Crippen LogP contribution in [0.15, 0.2) is 12.3 Å². The van der Waals surface area contributed by atoms with Crippen LogP contribution in [-0.2, 0) is 9.84 Å². The zero-order valence-electron chi connectivity index (χ0n) is 8.77. The first-order valence-corrected chi connectivity index (χ1v) is 6.55. The highest BCUT2D eigenvalue weighted by atomic mass is 32.2. The van der Waals surface area contributed by atoms with Crippen molar-refractivity contribution in [3.05, 3.63) is 17.8 Å². The lowest BCUT2D eigenvalue weighted by Crippen LogP contribution is -2.15. The molecule has 86 valence electrons. The summed E-state index contributed by atoms with van der Waals surface area (Å²) in [6.45, 7) is 0.238. The number of hydrogen-bond acceptors (Lipinski definition) is 6. The van der Waals surface area contributed by atoms with E-state index in [-0.39, 0.29) is 12.3 Å². The molecule has 0 aliphatic carbocycles. The second-order valence-electron chi connectivity index (χ2n) is 3.33. The first-order valence-electron chi connectivity index (χ1n) is 4.49. The van der Waals surface area contributed by atoms with Crippen molar-refractivity contribution >= 4 is 21.3 Å². The number of anilines is 2. The number of nitriles is 1. The van der Waals surface area contributed by atoms with Gasteiger partial charge < -0.3 is 11.1 Å². The molecule has 1 aromatic rings. The van der Waals surface area contributed by atoms with Crippen LogP contribution in [0.1, 0.15) is 5.56 Å². The zero-order chi connectivity index (χ0) is 12.2. The number of nitrogens with one attached hydrogen (secondary N) is 1. The van der Waals surface area contributed by atoms with E-state index in [1.165, 1.54) is 12.3 Å². The molecule has 0 saturated carbocycles. The van der Waals surface area contributed by atoms with Crippen molar-refractivity contribution < 1.29 is 8.42 Å². The van der Waals surface area contributed by atoms with Crippen LogP contribution in [0.4, 0.5) is 11.5 Å². The standard InChI is InChI=1S/C9H12N4O2S/c1-16(14,15)3-2-12-9-8(11)4-7(5-10)6-13-9/h4,6H,2-3,11H2,1H3,(H,12,13). The van der Waals surface area contributed by atoms with Crippen LogP contribution in [0.5, 0.6) is 0 Å². The zero-order valence-corrected chi connectivity index (χ0v) is 9.58. The van der Waals surface area contributed by atoms with Gasteiger partial charge in [0.15, 0.2) is 0 Å². The minimum absolute atomic E-state index is 0.00806. The molecule has 3 N–H and O–H groups in total. The molecule has 0 fully saturated rings. The highest BCUT2D eigenvalue weighted by Crippen LogP contribution is 2.15. The number of nitrogens with zero attached hydrogens (tertiary/aromatic N) is 2. The average Bonchev–Trinajstić information content (AvgIpc) is 2.18. The largest absolute Gasteiger partial charge is 0.396 e. The van der Waals surface area contributed by atoms with Gasteiger partial charge in [0.1, 0.15) is 21.7 Å². The van der Waals surface area contributed by atoms with Gasteiger partial charge in [0.05, 0.1) is 17.0 Å². The van der Waals surface area contributed by atoms with Gasteiger partial charge in [0.2, 0.25) is 0 Å². The normalized spacial score (nSPS) is 10.8. The summed E-state index contributed by atoms with van der Waals surface area (Å²) in [6, 6.07) is 3.39. The molecule has 0 saturated heterocycles. The minimum atomic E-state index is -3.00. The van der Waals surface area contributed by atoms with Gasteiger partial charge in [0, 0.05) is 19.0 Å². The maximum atomic E-state index is 10.9. The maximum absolute atomic E-state index is 10.9. The Labute approximate surface area is 94.0 Å². The van der Waals surface area contributed by atoms with Gasteiger partial charge in [-0.05, 0) is 6.07 Å². The summed E-state index contributed by atoms with van der Waals surface area (Å²) in [4.78, 5) is 3.92. The van der Waals surface area contributed by atoms with E-state index in [0.29, 0.717) is 17.1 Å². The van der Waals surface area contributed by atoms with E-state index >= 15 is 0 Å². The van der Waals surface area contributed by atoms with Crippen molar-refractivity contribution in [3.63, 3.8) is 0 Å². The predicted octanol–water partition coefficient (Wildman–Crippen LogP) is -0.00802. The van der Waals surface area contributed by atoms with E-state index < -0.39 is 9.84 Å². The fourth-order valence-electron chi connectivity index (χ4n) is 1.05. The smallest absolute Gasteiger partial charge is 0.149 e. The summed E-state index contributed by atoms with van der Waals surface area (Å²) in [5.41, 5.74) is 6.31. The Balaban J connectivity index is 2.66. The quantitative estimate of drug-likeness (QED) is 0.766. The number of hydrogen-bond donors (Lipinski definition) is 2. The van der Waals surface area contributed by atoms with E-state index in [0.717, 1.165) is 6.26 Å². The number of nitrogen functional groups attached to an aromatic ring is 1. The third-order valence-corrected chi connectivity index (χ3v) is 2.76. The molecule has 0 aliphatic heterocycles. The molecule has 0 amide bonds. The Morgan fingerprint density at radius 3 is 2.81 bits per heavy atom. The summed E-state index contributed by atoms with van der Waals surface area (Å²) >= 11 is 0. The second-order valence-corrected chi connectivity index (χ2v) is 5.59. The number of sulfone groups is 1. The van der Waals surface area contributed by atoms with E-state index in [4.69, 9.17) is 11.0 Å². The molecule has 0 aromatic carbocycles. The Bertz CT molecular complexity index is 519. The molecule has 0 aliphatic rings. The molecule has 6 nitrogen and oxygen atoms in total. The van der Waals surface area contributed by atoms with Gasteiger partial charge in [-0.2, -0.15) is 5.26 Å². The Kier molecular flexibility index (Phi) is 3.68. The van der Waals surface area contributed by atoms with Crippen LogP contribution in [0.3, 0.4) is 0 Å². The molecule has 0 atom stereocenters. The predicted molar refractivity (Wildman–Crippen MR) is 61.6 cm³/mol. The van der Waals surface area contributed by atoms with Gasteiger partial charge in [-0.25, -0.2) is 13.4 Å². The van der Waals surface area contributed by atoms with Gasteiger partial charge >= 0.3 is 0 Å². The van der Waals surface area contributed by atoms with Crippen LogP contribution < -0.4 is 11.1 Å². The van der Waals surface area contributed by atoms with Gasteiger partial charge in [-0.3, -0.25) is 0 Å². The van der Waals surface area contributed by atoms with E-state index in [2.05, 4.69) is 10.3 Å². The number of aromatic nitrogens is 1. The Hall–Kier alpha value is -1.81. The van der Waals surface area contributed by atoms with Crippen LogP contribution in [0.25, 0.3) is 0 Å².